The average molecular weight is 230 g/mol. The third kappa shape index (κ3) is 1.85. The number of carbonyl (C=O) groups is 1. The van der Waals surface area contributed by atoms with Crippen molar-refractivity contribution in [2.45, 2.75) is 31.2 Å². The minimum Gasteiger partial charge on any atom is -0.325 e. The molecule has 0 unspecified atom stereocenters. The Bertz CT molecular complexity index is 357. The molecule has 2 N–H and O–H groups in total. The number of thiophene rings is 1. The first-order valence-electron chi connectivity index (χ1n) is 4.66. The van der Waals surface area contributed by atoms with E-state index in [2.05, 4.69) is 0 Å². The number of hydrogen-bond acceptors (Lipinski definition) is 3. The Hall–Kier alpha value is -0.380. The molecule has 0 aliphatic heterocycles. The van der Waals surface area contributed by atoms with Crippen molar-refractivity contribution in [3.8, 4) is 0 Å². The molecule has 0 radical (unpaired) electrons. The van der Waals surface area contributed by atoms with E-state index in [-0.39, 0.29) is 11.3 Å². The highest BCUT2D eigenvalue weighted by atomic mass is 35.5. The second kappa shape index (κ2) is 3.65. The van der Waals surface area contributed by atoms with Gasteiger partial charge in [-0.1, -0.05) is 11.6 Å². The first-order chi connectivity index (χ1) is 6.61. The molecular weight excluding hydrogens is 218 g/mol. The van der Waals surface area contributed by atoms with Gasteiger partial charge in [-0.2, -0.15) is 0 Å². The maximum atomic E-state index is 11.8. The molecule has 1 aliphatic carbocycles. The molecule has 0 atom stereocenters. The molecule has 0 saturated heterocycles. The van der Waals surface area contributed by atoms with Crippen LogP contribution in [0.5, 0.6) is 0 Å². The standard InChI is InChI=1S/C10H12ClNOS/c11-9-7(2-5-14-9)8(13)6-10(12)3-1-4-10/h2,5H,1,3-4,6,12H2. The van der Waals surface area contributed by atoms with Crippen molar-refractivity contribution in [3.63, 3.8) is 0 Å². The highest BCUT2D eigenvalue weighted by molar-refractivity contribution is 7.14. The van der Waals surface area contributed by atoms with Gasteiger partial charge in [-0.15, -0.1) is 11.3 Å². The van der Waals surface area contributed by atoms with Crippen LogP contribution < -0.4 is 5.73 Å². The lowest BCUT2D eigenvalue weighted by atomic mass is 9.74. The number of Topliss-reactive ketones (excluding diaryl/α,β-unsaturated/α-hetero) is 1. The summed E-state index contributed by atoms with van der Waals surface area (Å²) >= 11 is 7.27. The smallest absolute Gasteiger partial charge is 0.167 e. The molecule has 1 aromatic heterocycles. The average Bonchev–Trinajstić information content (AvgIpc) is 2.48. The SMILES string of the molecule is NC1(CC(=O)c2ccsc2Cl)CCC1. The molecule has 1 fully saturated rings. The van der Waals surface area contributed by atoms with E-state index in [4.69, 9.17) is 17.3 Å². The molecule has 1 aromatic rings. The van der Waals surface area contributed by atoms with Crippen LogP contribution >= 0.6 is 22.9 Å². The van der Waals surface area contributed by atoms with E-state index in [9.17, 15) is 4.79 Å². The third-order valence-electron chi connectivity index (χ3n) is 2.78. The zero-order chi connectivity index (χ0) is 10.2. The zero-order valence-electron chi connectivity index (χ0n) is 7.75. The normalized spacial score (nSPS) is 19.0. The van der Waals surface area contributed by atoms with Crippen LogP contribution in [0.1, 0.15) is 36.0 Å². The molecule has 2 rings (SSSR count). The van der Waals surface area contributed by atoms with Gasteiger partial charge in [-0.25, -0.2) is 0 Å². The molecule has 0 aromatic carbocycles. The number of halogens is 1. The van der Waals surface area contributed by atoms with Crippen molar-refractivity contribution < 1.29 is 4.79 Å². The second-order valence-corrected chi connectivity index (χ2v) is 5.44. The first kappa shape index (κ1) is 10.1. The predicted octanol–water partition coefficient (Wildman–Crippen LogP) is 2.86. The number of rotatable bonds is 3. The van der Waals surface area contributed by atoms with Crippen LogP contribution in [-0.2, 0) is 0 Å². The van der Waals surface area contributed by atoms with Crippen molar-refractivity contribution in [2.24, 2.45) is 5.73 Å². The van der Waals surface area contributed by atoms with Gasteiger partial charge in [0.15, 0.2) is 5.78 Å². The maximum Gasteiger partial charge on any atom is 0.167 e. The number of nitrogens with two attached hydrogens (primary N) is 1. The molecule has 14 heavy (non-hydrogen) atoms. The monoisotopic (exact) mass is 229 g/mol. The Morgan fingerprint density at radius 1 is 1.64 bits per heavy atom. The highest BCUT2D eigenvalue weighted by Crippen LogP contribution is 2.34. The Labute approximate surface area is 92.1 Å². The van der Waals surface area contributed by atoms with E-state index in [1.807, 2.05) is 5.38 Å². The summed E-state index contributed by atoms with van der Waals surface area (Å²) in [5.41, 5.74) is 6.38. The summed E-state index contributed by atoms with van der Waals surface area (Å²) in [6.07, 6.45) is 3.49. The molecule has 1 saturated carbocycles. The summed E-state index contributed by atoms with van der Waals surface area (Å²) in [6.45, 7) is 0. The van der Waals surface area contributed by atoms with Crippen LogP contribution in [0.3, 0.4) is 0 Å². The molecular formula is C10H12ClNOS. The van der Waals surface area contributed by atoms with Crippen molar-refractivity contribution in [1.29, 1.82) is 0 Å². The van der Waals surface area contributed by atoms with E-state index < -0.39 is 0 Å². The van der Waals surface area contributed by atoms with Gasteiger partial charge in [0, 0.05) is 17.5 Å². The minimum atomic E-state index is -0.248. The van der Waals surface area contributed by atoms with Crippen LogP contribution in [-0.4, -0.2) is 11.3 Å². The van der Waals surface area contributed by atoms with Gasteiger partial charge < -0.3 is 5.73 Å². The van der Waals surface area contributed by atoms with E-state index in [0.717, 1.165) is 19.3 Å². The Morgan fingerprint density at radius 3 is 2.79 bits per heavy atom. The molecule has 2 nitrogen and oxygen atoms in total. The van der Waals surface area contributed by atoms with Crippen molar-refractivity contribution in [1.82, 2.24) is 0 Å². The van der Waals surface area contributed by atoms with Crippen LogP contribution in [0.15, 0.2) is 11.4 Å². The second-order valence-electron chi connectivity index (χ2n) is 3.92. The maximum absolute atomic E-state index is 11.8. The Morgan fingerprint density at radius 2 is 2.36 bits per heavy atom. The quantitative estimate of drug-likeness (QED) is 0.810. The van der Waals surface area contributed by atoms with Crippen LogP contribution in [0.2, 0.25) is 4.34 Å². The van der Waals surface area contributed by atoms with E-state index in [1.54, 1.807) is 6.07 Å². The molecule has 4 heteroatoms. The summed E-state index contributed by atoms with van der Waals surface area (Å²) in [5.74, 6) is 0.0819. The minimum absolute atomic E-state index is 0.0819. The van der Waals surface area contributed by atoms with Gasteiger partial charge in [0.25, 0.3) is 0 Å². The summed E-state index contributed by atoms with van der Waals surface area (Å²) in [7, 11) is 0. The summed E-state index contributed by atoms with van der Waals surface area (Å²) < 4.78 is 0.581. The summed E-state index contributed by atoms with van der Waals surface area (Å²) in [6, 6.07) is 1.78. The largest absolute Gasteiger partial charge is 0.325 e. The van der Waals surface area contributed by atoms with E-state index in [1.165, 1.54) is 11.3 Å². The van der Waals surface area contributed by atoms with Crippen LogP contribution in [0.4, 0.5) is 0 Å². The molecule has 0 spiro atoms. The predicted molar refractivity (Wildman–Crippen MR) is 59.0 cm³/mol. The summed E-state index contributed by atoms with van der Waals surface area (Å²) in [4.78, 5) is 11.8. The van der Waals surface area contributed by atoms with Gasteiger partial charge in [0.1, 0.15) is 4.34 Å². The van der Waals surface area contributed by atoms with E-state index in [0.29, 0.717) is 16.3 Å². The van der Waals surface area contributed by atoms with Crippen LogP contribution in [0, 0.1) is 0 Å². The molecule has 76 valence electrons. The fourth-order valence-electron chi connectivity index (χ4n) is 1.72. The topological polar surface area (TPSA) is 43.1 Å². The fraction of sp³-hybridized carbons (Fsp3) is 0.500. The summed E-state index contributed by atoms with van der Waals surface area (Å²) in [5, 5.41) is 1.83. The molecule has 0 bridgehead atoms. The van der Waals surface area contributed by atoms with Gasteiger partial charge in [0.2, 0.25) is 0 Å². The lowest BCUT2D eigenvalue weighted by Gasteiger charge is -2.37. The number of ketones is 1. The van der Waals surface area contributed by atoms with Crippen molar-refractivity contribution in [2.75, 3.05) is 0 Å². The molecule has 0 amide bonds. The Kier molecular flexibility index (Phi) is 2.64. The van der Waals surface area contributed by atoms with Crippen LogP contribution in [0.25, 0.3) is 0 Å². The van der Waals surface area contributed by atoms with Crippen molar-refractivity contribution in [3.05, 3.63) is 21.3 Å². The fourth-order valence-corrected chi connectivity index (χ4v) is 2.67. The lowest BCUT2D eigenvalue weighted by molar-refractivity contribution is 0.0913. The molecule has 1 heterocycles. The number of hydrogen-bond donors (Lipinski definition) is 1. The van der Waals surface area contributed by atoms with Gasteiger partial charge in [0.05, 0.1) is 0 Å². The van der Waals surface area contributed by atoms with Gasteiger partial charge in [-0.3, -0.25) is 4.79 Å². The van der Waals surface area contributed by atoms with E-state index >= 15 is 0 Å². The zero-order valence-corrected chi connectivity index (χ0v) is 9.33. The van der Waals surface area contributed by atoms with Gasteiger partial charge >= 0.3 is 0 Å². The first-order valence-corrected chi connectivity index (χ1v) is 5.92. The highest BCUT2D eigenvalue weighted by Gasteiger charge is 2.35. The Balaban J connectivity index is 2.06. The number of carbonyl (C=O) groups excluding carboxylic acids is 1. The third-order valence-corrected chi connectivity index (χ3v) is 3.95. The lowest BCUT2D eigenvalue weighted by Crippen LogP contribution is -2.48. The van der Waals surface area contributed by atoms with Gasteiger partial charge in [-0.05, 0) is 30.7 Å². The molecule has 1 aliphatic rings. The van der Waals surface area contributed by atoms with Crippen molar-refractivity contribution >= 4 is 28.7 Å².